The molecule has 0 spiro atoms. The molecule has 0 radical (unpaired) electrons. The maximum atomic E-state index is 5.16. The number of nitrogens with zero attached hydrogens (tertiary/aromatic N) is 1. The minimum absolute atomic E-state index is 0.273. The van der Waals surface area contributed by atoms with Crippen molar-refractivity contribution in [3.05, 3.63) is 29.6 Å². The molecule has 1 rings (SSSR count). The van der Waals surface area contributed by atoms with Gasteiger partial charge >= 0.3 is 0 Å². The normalized spacial score (nSPS) is 12.9. The van der Waals surface area contributed by atoms with Gasteiger partial charge in [0.05, 0.1) is 6.10 Å². The van der Waals surface area contributed by atoms with Gasteiger partial charge in [-0.25, -0.2) is 0 Å². The summed E-state index contributed by atoms with van der Waals surface area (Å²) in [6.45, 7) is 4.05. The molecule has 0 saturated carbocycles. The molecule has 1 aromatic rings. The first-order valence-corrected chi connectivity index (χ1v) is 4.16. The molecule has 0 aromatic carbocycles. The van der Waals surface area contributed by atoms with Crippen molar-refractivity contribution in [1.82, 2.24) is 4.98 Å². The number of rotatable bonds is 3. The van der Waals surface area contributed by atoms with Crippen LogP contribution < -0.4 is 0 Å². The topological polar surface area (TPSA) is 22.1 Å². The van der Waals surface area contributed by atoms with Gasteiger partial charge in [0.2, 0.25) is 0 Å². The van der Waals surface area contributed by atoms with E-state index in [9.17, 15) is 0 Å². The third kappa shape index (κ3) is 2.62. The number of ether oxygens (including phenoxy) is 1. The molecule has 0 bridgehead atoms. The van der Waals surface area contributed by atoms with Crippen LogP contribution in [0.1, 0.15) is 18.2 Å². The number of aromatic nitrogens is 1. The summed E-state index contributed by atoms with van der Waals surface area (Å²) in [6, 6.07) is 4.12. The lowest BCUT2D eigenvalue weighted by Gasteiger charge is -2.08. The standard InChI is InChI=1S/C10H15NO/c1-8-4-5-10(7-11-8)6-9(2)12-3/h4-5,7,9H,6H2,1-3H3. The minimum Gasteiger partial charge on any atom is -0.381 e. The second-order valence-electron chi connectivity index (χ2n) is 3.06. The van der Waals surface area contributed by atoms with Gasteiger partial charge in [0, 0.05) is 19.0 Å². The Balaban J connectivity index is 2.58. The molecule has 1 aromatic heterocycles. The molecule has 12 heavy (non-hydrogen) atoms. The fraction of sp³-hybridized carbons (Fsp3) is 0.500. The molecule has 1 heterocycles. The largest absolute Gasteiger partial charge is 0.381 e. The molecule has 0 aliphatic carbocycles. The van der Waals surface area contributed by atoms with Crippen LogP contribution in [0.3, 0.4) is 0 Å². The van der Waals surface area contributed by atoms with Crippen LogP contribution in [0.25, 0.3) is 0 Å². The summed E-state index contributed by atoms with van der Waals surface area (Å²) in [5.74, 6) is 0. The van der Waals surface area contributed by atoms with E-state index in [2.05, 4.69) is 18.0 Å². The van der Waals surface area contributed by atoms with E-state index in [1.54, 1.807) is 7.11 Å². The van der Waals surface area contributed by atoms with Crippen LogP contribution in [-0.4, -0.2) is 18.2 Å². The van der Waals surface area contributed by atoms with Crippen LogP contribution in [0.5, 0.6) is 0 Å². The molecule has 0 saturated heterocycles. The fourth-order valence-corrected chi connectivity index (χ4v) is 1.03. The Morgan fingerprint density at radius 3 is 2.75 bits per heavy atom. The summed E-state index contributed by atoms with van der Waals surface area (Å²) < 4.78 is 5.16. The summed E-state index contributed by atoms with van der Waals surface area (Å²) in [7, 11) is 1.73. The second-order valence-corrected chi connectivity index (χ2v) is 3.06. The summed E-state index contributed by atoms with van der Waals surface area (Å²) in [5.41, 5.74) is 2.29. The lowest BCUT2D eigenvalue weighted by molar-refractivity contribution is 0.118. The number of methoxy groups -OCH3 is 1. The Kier molecular flexibility index (Phi) is 3.23. The molecule has 66 valence electrons. The van der Waals surface area contributed by atoms with Crippen molar-refractivity contribution in [3.8, 4) is 0 Å². The molecule has 1 unspecified atom stereocenters. The highest BCUT2D eigenvalue weighted by Crippen LogP contribution is 2.04. The number of hydrogen-bond acceptors (Lipinski definition) is 2. The first kappa shape index (κ1) is 9.20. The van der Waals surface area contributed by atoms with Gasteiger partial charge in [0.1, 0.15) is 0 Å². The van der Waals surface area contributed by atoms with Gasteiger partial charge in [-0.15, -0.1) is 0 Å². The summed E-state index contributed by atoms with van der Waals surface area (Å²) in [6.07, 6.45) is 3.11. The predicted molar refractivity (Wildman–Crippen MR) is 49.1 cm³/mol. The monoisotopic (exact) mass is 165 g/mol. The molecule has 0 N–H and O–H groups in total. The fourth-order valence-electron chi connectivity index (χ4n) is 1.03. The predicted octanol–water partition coefficient (Wildman–Crippen LogP) is 1.97. The van der Waals surface area contributed by atoms with Crippen LogP contribution in [0, 0.1) is 6.92 Å². The van der Waals surface area contributed by atoms with E-state index in [1.807, 2.05) is 19.2 Å². The van der Waals surface area contributed by atoms with Crippen LogP contribution in [0.2, 0.25) is 0 Å². The molecule has 2 nitrogen and oxygen atoms in total. The molecule has 0 amide bonds. The molecular weight excluding hydrogens is 150 g/mol. The van der Waals surface area contributed by atoms with Gasteiger partial charge in [-0.2, -0.15) is 0 Å². The lowest BCUT2D eigenvalue weighted by Crippen LogP contribution is -2.08. The summed E-state index contributed by atoms with van der Waals surface area (Å²) in [5, 5.41) is 0. The second kappa shape index (κ2) is 4.21. The van der Waals surface area contributed by atoms with E-state index in [1.165, 1.54) is 5.56 Å². The lowest BCUT2D eigenvalue weighted by atomic mass is 10.1. The summed E-state index contributed by atoms with van der Waals surface area (Å²) in [4.78, 5) is 4.21. The van der Waals surface area contributed by atoms with E-state index in [4.69, 9.17) is 4.74 Å². The zero-order valence-corrected chi connectivity index (χ0v) is 7.87. The first-order valence-electron chi connectivity index (χ1n) is 4.16. The van der Waals surface area contributed by atoms with Crippen molar-refractivity contribution < 1.29 is 4.74 Å². The van der Waals surface area contributed by atoms with Gasteiger partial charge < -0.3 is 4.74 Å². The Morgan fingerprint density at radius 1 is 1.50 bits per heavy atom. The van der Waals surface area contributed by atoms with Gasteiger partial charge in [-0.05, 0) is 31.9 Å². The van der Waals surface area contributed by atoms with E-state index in [0.717, 1.165) is 12.1 Å². The van der Waals surface area contributed by atoms with E-state index in [0.29, 0.717) is 0 Å². The van der Waals surface area contributed by atoms with E-state index < -0.39 is 0 Å². The molecular formula is C10H15NO. The minimum atomic E-state index is 0.273. The van der Waals surface area contributed by atoms with Crippen LogP contribution in [0.15, 0.2) is 18.3 Å². The Bertz CT molecular complexity index is 230. The summed E-state index contributed by atoms with van der Waals surface area (Å²) >= 11 is 0. The third-order valence-electron chi connectivity index (χ3n) is 1.90. The van der Waals surface area contributed by atoms with Gasteiger partial charge in [-0.3, -0.25) is 4.98 Å². The zero-order valence-electron chi connectivity index (χ0n) is 7.87. The van der Waals surface area contributed by atoms with Crippen molar-refractivity contribution in [1.29, 1.82) is 0 Å². The molecule has 0 fully saturated rings. The molecule has 1 atom stereocenters. The van der Waals surface area contributed by atoms with Crippen molar-refractivity contribution in [3.63, 3.8) is 0 Å². The quantitative estimate of drug-likeness (QED) is 0.683. The van der Waals surface area contributed by atoms with E-state index in [-0.39, 0.29) is 6.10 Å². The maximum absolute atomic E-state index is 5.16. The van der Waals surface area contributed by atoms with Crippen molar-refractivity contribution in [2.24, 2.45) is 0 Å². The van der Waals surface area contributed by atoms with E-state index >= 15 is 0 Å². The van der Waals surface area contributed by atoms with Crippen LogP contribution in [-0.2, 0) is 11.2 Å². The Morgan fingerprint density at radius 2 is 2.25 bits per heavy atom. The Hall–Kier alpha value is -0.890. The number of hydrogen-bond donors (Lipinski definition) is 0. The molecule has 0 aliphatic rings. The zero-order chi connectivity index (χ0) is 8.97. The third-order valence-corrected chi connectivity index (χ3v) is 1.90. The average Bonchev–Trinajstić information content (AvgIpc) is 2.09. The van der Waals surface area contributed by atoms with Gasteiger partial charge in [0.15, 0.2) is 0 Å². The van der Waals surface area contributed by atoms with Crippen molar-refractivity contribution in [2.45, 2.75) is 26.4 Å². The highest BCUT2D eigenvalue weighted by molar-refractivity contribution is 5.13. The van der Waals surface area contributed by atoms with Gasteiger partial charge in [-0.1, -0.05) is 6.07 Å². The van der Waals surface area contributed by atoms with Crippen LogP contribution in [0.4, 0.5) is 0 Å². The Labute approximate surface area is 73.6 Å². The number of pyridine rings is 1. The average molecular weight is 165 g/mol. The molecule has 2 heteroatoms. The number of aryl methyl sites for hydroxylation is 1. The highest BCUT2D eigenvalue weighted by atomic mass is 16.5. The van der Waals surface area contributed by atoms with Crippen molar-refractivity contribution >= 4 is 0 Å². The van der Waals surface area contributed by atoms with Crippen molar-refractivity contribution in [2.75, 3.05) is 7.11 Å². The molecule has 0 aliphatic heterocycles. The highest BCUT2D eigenvalue weighted by Gasteiger charge is 2.00. The van der Waals surface area contributed by atoms with Gasteiger partial charge in [0.25, 0.3) is 0 Å². The first-order chi connectivity index (χ1) is 5.72. The smallest absolute Gasteiger partial charge is 0.0584 e. The maximum Gasteiger partial charge on any atom is 0.0584 e. The SMILES string of the molecule is COC(C)Cc1ccc(C)nc1. The van der Waals surface area contributed by atoms with Crippen LogP contribution >= 0.6 is 0 Å².